The van der Waals surface area contributed by atoms with Crippen molar-refractivity contribution in [2.24, 2.45) is 0 Å². The van der Waals surface area contributed by atoms with Gasteiger partial charge in [-0.05, 0) is 85.0 Å². The van der Waals surface area contributed by atoms with Gasteiger partial charge in [0.05, 0.1) is 17.1 Å². The van der Waals surface area contributed by atoms with Crippen LogP contribution < -0.4 is 4.90 Å². The van der Waals surface area contributed by atoms with E-state index in [4.69, 9.17) is 18.3 Å². The Morgan fingerprint density at radius 2 is 1.09 bits per heavy atom. The summed E-state index contributed by atoms with van der Waals surface area (Å²) in [5.41, 5.74) is 8.71. The Morgan fingerprint density at radius 1 is 0.465 bits per heavy atom. The molecule has 9 rings (SSSR count). The second-order valence-corrected chi connectivity index (χ2v) is 9.95. The molecular weight excluding hydrogens is 546 g/mol. The van der Waals surface area contributed by atoms with Crippen molar-refractivity contribution in [3.63, 3.8) is 0 Å². The molecule has 0 unspecified atom stereocenters. The van der Waals surface area contributed by atoms with Gasteiger partial charge < -0.3 is 9.32 Å². The van der Waals surface area contributed by atoms with Crippen LogP contribution in [-0.2, 0) is 0 Å². The predicted octanol–water partition coefficient (Wildman–Crippen LogP) is 7.85. The van der Waals surface area contributed by atoms with Crippen LogP contribution in [0.3, 0.4) is 0 Å². The molecule has 4 heterocycles. The van der Waals surface area contributed by atoms with E-state index in [1.165, 1.54) is 0 Å². The first kappa shape index (κ1) is 23.4. The van der Waals surface area contributed by atoms with E-state index in [-0.39, 0.29) is 0 Å². The predicted molar refractivity (Wildman–Crippen MR) is 158 cm³/mol. The molecule has 0 aliphatic carbocycles. The summed E-state index contributed by atoms with van der Waals surface area (Å²) in [4.78, 5) is 1.96. The number of anilines is 3. The highest BCUT2D eigenvalue weighted by Crippen LogP contribution is 2.46. The zero-order valence-electron chi connectivity index (χ0n) is 22.1. The highest BCUT2D eigenvalue weighted by atomic mass is 16.6. The third-order valence-electron chi connectivity index (χ3n) is 7.55. The van der Waals surface area contributed by atoms with Crippen LogP contribution in [0.25, 0.3) is 66.5 Å². The molecule has 204 valence electrons. The minimum Gasteiger partial charge on any atom is -0.456 e. The van der Waals surface area contributed by atoms with Crippen LogP contribution in [0.5, 0.6) is 0 Å². The summed E-state index contributed by atoms with van der Waals surface area (Å²) >= 11 is 0. The lowest BCUT2D eigenvalue weighted by molar-refractivity contribution is 0.315. The molecule has 0 spiro atoms. The van der Waals surface area contributed by atoms with Crippen LogP contribution in [0, 0.1) is 0 Å². The lowest BCUT2D eigenvalue weighted by Gasteiger charge is -2.25. The lowest BCUT2D eigenvalue weighted by atomic mass is 10.0. The molecule has 0 saturated carbocycles. The maximum Gasteiger partial charge on any atom is 0.159 e. The zero-order chi connectivity index (χ0) is 28.3. The Hall–Kier alpha value is -6.36. The number of benzene rings is 5. The summed E-state index contributed by atoms with van der Waals surface area (Å²) in [6, 6.07) is 33.2. The first-order valence-electron chi connectivity index (χ1n) is 13.4. The fourth-order valence-corrected chi connectivity index (χ4v) is 5.59. The highest BCUT2D eigenvalue weighted by molar-refractivity contribution is 6.09. The summed E-state index contributed by atoms with van der Waals surface area (Å²) < 4.78 is 21.9. The molecule has 0 aliphatic rings. The van der Waals surface area contributed by atoms with Crippen LogP contribution >= 0.6 is 0 Å². The van der Waals surface area contributed by atoms with Crippen molar-refractivity contribution in [2.75, 3.05) is 4.90 Å². The van der Waals surface area contributed by atoms with Gasteiger partial charge in [0.2, 0.25) is 0 Å². The van der Waals surface area contributed by atoms with Crippen molar-refractivity contribution in [1.29, 1.82) is 0 Å². The van der Waals surface area contributed by atoms with Crippen molar-refractivity contribution in [3.05, 3.63) is 103 Å². The summed E-state index contributed by atoms with van der Waals surface area (Å²) in [6.07, 6.45) is 0. The van der Waals surface area contributed by atoms with E-state index in [0.717, 1.165) is 27.7 Å². The van der Waals surface area contributed by atoms with Crippen molar-refractivity contribution in [2.45, 2.75) is 0 Å². The van der Waals surface area contributed by atoms with E-state index >= 15 is 0 Å². The average Bonchev–Trinajstić information content (AvgIpc) is 3.87. The first-order chi connectivity index (χ1) is 21.3. The normalized spacial score (nSPS) is 11.7. The molecule has 0 atom stereocenters. The van der Waals surface area contributed by atoms with Gasteiger partial charge in [0.1, 0.15) is 27.9 Å². The summed E-state index contributed by atoms with van der Waals surface area (Å²) in [5, 5.41) is 26.5. The molecule has 9 aromatic rings. The van der Waals surface area contributed by atoms with Gasteiger partial charge in [-0.15, -0.1) is 0 Å². The third-order valence-corrected chi connectivity index (χ3v) is 7.55. The molecule has 0 bridgehead atoms. The molecule has 0 amide bonds. The molecule has 0 saturated heterocycles. The number of furan rings is 1. The maximum atomic E-state index is 6.17. The number of hydrogen-bond donors (Lipinski definition) is 0. The molecule has 0 radical (unpaired) electrons. The molecule has 43 heavy (non-hydrogen) atoms. The quantitative estimate of drug-likeness (QED) is 0.203. The number of hydrogen-bond acceptors (Lipinski definition) is 11. The highest BCUT2D eigenvalue weighted by Gasteiger charge is 2.27. The topological polar surface area (TPSA) is 133 Å². The van der Waals surface area contributed by atoms with Gasteiger partial charge in [0.25, 0.3) is 0 Å². The lowest BCUT2D eigenvalue weighted by Crippen LogP contribution is -2.12. The molecule has 5 aromatic carbocycles. The van der Waals surface area contributed by atoms with Gasteiger partial charge in [-0.25, -0.2) is 13.9 Å². The Labute approximate surface area is 240 Å². The standard InChI is InChI=1S/C32H17N7O4/c1-2-7-18(8-3-1)20-13-15-24(31-28(20)34-42-37-31)39(23-11-6-10-22-30(23)36-41-33-22)25-16-14-21(29-32(25)38-43-35-29)27-17-19-9-4-5-12-26(19)40-27/h1-17H. The monoisotopic (exact) mass is 563 g/mol. The Morgan fingerprint density at radius 3 is 1.88 bits per heavy atom. The summed E-state index contributed by atoms with van der Waals surface area (Å²) in [7, 11) is 0. The second-order valence-electron chi connectivity index (χ2n) is 9.95. The Kier molecular flexibility index (Phi) is 4.93. The fraction of sp³-hybridized carbons (Fsp3) is 0. The fourth-order valence-electron chi connectivity index (χ4n) is 5.59. The van der Waals surface area contributed by atoms with Crippen LogP contribution in [0.15, 0.2) is 121 Å². The number of para-hydroxylation sites is 1. The van der Waals surface area contributed by atoms with Gasteiger partial charge in [-0.1, -0.05) is 54.6 Å². The minimum atomic E-state index is 0.503. The molecule has 4 aromatic heterocycles. The van der Waals surface area contributed by atoms with E-state index in [0.29, 0.717) is 55.9 Å². The third kappa shape index (κ3) is 3.55. The summed E-state index contributed by atoms with van der Waals surface area (Å²) in [6.45, 7) is 0. The number of aromatic nitrogens is 6. The average molecular weight is 564 g/mol. The number of rotatable bonds is 5. The van der Waals surface area contributed by atoms with Gasteiger partial charge in [-0.3, -0.25) is 0 Å². The molecule has 0 fully saturated rings. The van der Waals surface area contributed by atoms with E-state index in [2.05, 4.69) is 30.9 Å². The van der Waals surface area contributed by atoms with E-state index in [1.807, 2.05) is 108 Å². The van der Waals surface area contributed by atoms with Gasteiger partial charge >= 0.3 is 0 Å². The van der Waals surface area contributed by atoms with Gasteiger partial charge in [-0.2, -0.15) is 0 Å². The van der Waals surface area contributed by atoms with Crippen molar-refractivity contribution >= 4 is 61.1 Å². The minimum absolute atomic E-state index is 0.503. The Balaban J connectivity index is 1.30. The van der Waals surface area contributed by atoms with Crippen LogP contribution in [0.2, 0.25) is 0 Å². The molecule has 0 aliphatic heterocycles. The molecule has 0 N–H and O–H groups in total. The number of nitrogens with zero attached hydrogens (tertiary/aromatic N) is 7. The SMILES string of the molecule is c1ccc(-c2ccc(N(c3cccc4nonc34)c3ccc(-c4cc5ccccc5o4)c4nonc34)c3nonc23)cc1. The molecular formula is C32H17N7O4. The van der Waals surface area contributed by atoms with Crippen LogP contribution in [-0.4, -0.2) is 30.9 Å². The molecule has 11 heteroatoms. The largest absolute Gasteiger partial charge is 0.456 e. The van der Waals surface area contributed by atoms with Crippen LogP contribution in [0.1, 0.15) is 0 Å². The number of fused-ring (bicyclic) bond motifs is 4. The maximum absolute atomic E-state index is 6.17. The first-order valence-corrected chi connectivity index (χ1v) is 13.4. The van der Waals surface area contributed by atoms with E-state index in [1.54, 1.807) is 0 Å². The summed E-state index contributed by atoms with van der Waals surface area (Å²) in [5.74, 6) is 0.651. The van der Waals surface area contributed by atoms with Crippen molar-refractivity contribution in [3.8, 4) is 22.5 Å². The molecule has 11 nitrogen and oxygen atoms in total. The van der Waals surface area contributed by atoms with Gasteiger partial charge in [0, 0.05) is 16.5 Å². The van der Waals surface area contributed by atoms with E-state index in [9.17, 15) is 0 Å². The van der Waals surface area contributed by atoms with Crippen LogP contribution in [0.4, 0.5) is 17.1 Å². The van der Waals surface area contributed by atoms with E-state index < -0.39 is 0 Å². The van der Waals surface area contributed by atoms with Crippen molar-refractivity contribution in [1.82, 2.24) is 30.9 Å². The Bertz CT molecular complexity index is 2410. The zero-order valence-corrected chi connectivity index (χ0v) is 22.1. The van der Waals surface area contributed by atoms with Gasteiger partial charge in [0.15, 0.2) is 16.6 Å². The second kappa shape index (κ2) is 9.08. The smallest absolute Gasteiger partial charge is 0.159 e. The van der Waals surface area contributed by atoms with Crippen molar-refractivity contribution < 1.29 is 18.3 Å².